The van der Waals surface area contributed by atoms with Crippen molar-refractivity contribution in [1.82, 2.24) is 19.7 Å². The lowest BCUT2D eigenvalue weighted by Crippen LogP contribution is -2.27. The summed E-state index contributed by atoms with van der Waals surface area (Å²) in [6.45, 7) is 2.01. The Labute approximate surface area is 151 Å². The lowest BCUT2D eigenvalue weighted by molar-refractivity contribution is 0.0940. The summed E-state index contributed by atoms with van der Waals surface area (Å²) in [7, 11) is 1.83. The van der Waals surface area contributed by atoms with Crippen molar-refractivity contribution in [1.29, 1.82) is 0 Å². The molecule has 0 fully saturated rings. The van der Waals surface area contributed by atoms with Crippen molar-refractivity contribution >= 4 is 16.7 Å². The Hall–Kier alpha value is -3.34. The van der Waals surface area contributed by atoms with E-state index in [-0.39, 0.29) is 11.9 Å². The number of benzene rings is 2. The van der Waals surface area contributed by atoms with E-state index >= 15 is 0 Å². The summed E-state index contributed by atoms with van der Waals surface area (Å²) in [6.07, 6.45) is 5.42. The zero-order valence-corrected chi connectivity index (χ0v) is 14.8. The Balaban J connectivity index is 1.65. The van der Waals surface area contributed by atoms with Crippen molar-refractivity contribution in [3.63, 3.8) is 0 Å². The average molecular weight is 344 g/mol. The Bertz CT molecular complexity index is 1060. The van der Waals surface area contributed by atoms with Crippen LogP contribution in [0.5, 0.6) is 0 Å². The zero-order chi connectivity index (χ0) is 18.1. The summed E-state index contributed by atoms with van der Waals surface area (Å²) in [4.78, 5) is 12.9. The van der Waals surface area contributed by atoms with Crippen molar-refractivity contribution < 1.29 is 4.79 Å². The molecule has 0 aliphatic rings. The van der Waals surface area contributed by atoms with Gasteiger partial charge < -0.3 is 9.88 Å². The molecule has 0 spiro atoms. The SMILES string of the molecule is CC(NC(=O)c1cnn(C)c1-n1cccc1)c1cccc2ccccc12. The molecule has 0 saturated carbocycles. The summed E-state index contributed by atoms with van der Waals surface area (Å²) >= 11 is 0. The van der Waals surface area contributed by atoms with Gasteiger partial charge in [-0.15, -0.1) is 0 Å². The predicted molar refractivity (Wildman–Crippen MR) is 102 cm³/mol. The highest BCUT2D eigenvalue weighted by Gasteiger charge is 2.20. The van der Waals surface area contributed by atoms with E-state index in [2.05, 4.69) is 34.7 Å². The van der Waals surface area contributed by atoms with E-state index < -0.39 is 0 Å². The fraction of sp³-hybridized carbons (Fsp3) is 0.143. The van der Waals surface area contributed by atoms with Crippen molar-refractivity contribution in [2.24, 2.45) is 7.05 Å². The van der Waals surface area contributed by atoms with E-state index in [1.165, 1.54) is 5.39 Å². The van der Waals surface area contributed by atoms with Crippen LogP contribution in [0.3, 0.4) is 0 Å². The van der Waals surface area contributed by atoms with Crippen LogP contribution >= 0.6 is 0 Å². The molecule has 0 aliphatic carbocycles. The molecule has 0 radical (unpaired) electrons. The van der Waals surface area contributed by atoms with Crippen molar-refractivity contribution in [2.45, 2.75) is 13.0 Å². The fourth-order valence-corrected chi connectivity index (χ4v) is 3.35. The Morgan fingerprint density at radius 1 is 1.04 bits per heavy atom. The summed E-state index contributed by atoms with van der Waals surface area (Å²) in [5, 5.41) is 9.69. The standard InChI is InChI=1S/C21H20N4O/c1-15(17-11-7-9-16-8-3-4-10-18(16)17)23-20(26)19-14-22-24(2)21(19)25-12-5-6-13-25/h3-15H,1-2H3,(H,23,26). The van der Waals surface area contributed by atoms with Crippen LogP contribution in [0.1, 0.15) is 28.9 Å². The second kappa shape index (κ2) is 6.52. The minimum Gasteiger partial charge on any atom is -0.345 e. The highest BCUT2D eigenvalue weighted by molar-refractivity contribution is 5.97. The first-order chi connectivity index (χ1) is 12.6. The van der Waals surface area contributed by atoms with Gasteiger partial charge in [-0.2, -0.15) is 5.10 Å². The van der Waals surface area contributed by atoms with Gasteiger partial charge in [0, 0.05) is 19.4 Å². The van der Waals surface area contributed by atoms with E-state index in [1.54, 1.807) is 10.9 Å². The number of hydrogen-bond acceptors (Lipinski definition) is 2. The molecule has 26 heavy (non-hydrogen) atoms. The van der Waals surface area contributed by atoms with Gasteiger partial charge in [-0.3, -0.25) is 9.48 Å². The van der Waals surface area contributed by atoms with Crippen LogP contribution in [0.2, 0.25) is 0 Å². The van der Waals surface area contributed by atoms with Crippen LogP contribution in [0.25, 0.3) is 16.6 Å². The molecule has 0 aliphatic heterocycles. The number of nitrogens with zero attached hydrogens (tertiary/aromatic N) is 3. The Kier molecular flexibility index (Phi) is 4.05. The summed E-state index contributed by atoms with van der Waals surface area (Å²) < 4.78 is 3.60. The van der Waals surface area contributed by atoms with E-state index in [4.69, 9.17) is 0 Å². The maximum absolute atomic E-state index is 12.9. The number of hydrogen-bond donors (Lipinski definition) is 1. The third-order valence-electron chi connectivity index (χ3n) is 4.64. The quantitative estimate of drug-likeness (QED) is 0.611. The van der Waals surface area contributed by atoms with Crippen molar-refractivity contribution in [2.75, 3.05) is 0 Å². The van der Waals surface area contributed by atoms with Crippen LogP contribution in [-0.2, 0) is 7.05 Å². The molecule has 5 nitrogen and oxygen atoms in total. The number of fused-ring (bicyclic) bond motifs is 1. The minimum absolute atomic E-state index is 0.119. The smallest absolute Gasteiger partial charge is 0.257 e. The molecule has 2 aromatic carbocycles. The van der Waals surface area contributed by atoms with Gasteiger partial charge in [-0.05, 0) is 35.4 Å². The van der Waals surface area contributed by atoms with Gasteiger partial charge in [-0.1, -0.05) is 42.5 Å². The summed E-state index contributed by atoms with van der Waals surface area (Å²) in [5.74, 6) is 0.611. The maximum atomic E-state index is 12.9. The van der Waals surface area contributed by atoms with Gasteiger partial charge in [0.25, 0.3) is 5.91 Å². The number of rotatable bonds is 4. The van der Waals surface area contributed by atoms with Crippen LogP contribution in [0, 0.1) is 0 Å². The first-order valence-corrected chi connectivity index (χ1v) is 8.59. The number of carbonyl (C=O) groups excluding carboxylic acids is 1. The van der Waals surface area contributed by atoms with Gasteiger partial charge in [0.2, 0.25) is 0 Å². The molecule has 4 rings (SSSR count). The molecule has 130 valence electrons. The van der Waals surface area contributed by atoms with Gasteiger partial charge >= 0.3 is 0 Å². The molecule has 1 atom stereocenters. The van der Waals surface area contributed by atoms with E-state index in [0.717, 1.165) is 16.8 Å². The first-order valence-electron chi connectivity index (χ1n) is 8.59. The molecule has 1 N–H and O–H groups in total. The molecule has 2 heterocycles. The third-order valence-corrected chi connectivity index (χ3v) is 4.64. The summed E-state index contributed by atoms with van der Waals surface area (Å²) in [5.41, 5.74) is 1.65. The molecule has 1 amide bonds. The van der Waals surface area contributed by atoms with E-state index in [1.807, 2.05) is 61.3 Å². The second-order valence-electron chi connectivity index (χ2n) is 6.36. The maximum Gasteiger partial charge on any atom is 0.257 e. The van der Waals surface area contributed by atoms with Crippen LogP contribution in [0.4, 0.5) is 0 Å². The van der Waals surface area contributed by atoms with Gasteiger partial charge in [0.05, 0.1) is 12.2 Å². The lowest BCUT2D eigenvalue weighted by atomic mass is 9.99. The Morgan fingerprint density at radius 2 is 1.77 bits per heavy atom. The lowest BCUT2D eigenvalue weighted by Gasteiger charge is -2.17. The second-order valence-corrected chi connectivity index (χ2v) is 6.36. The largest absolute Gasteiger partial charge is 0.345 e. The van der Waals surface area contributed by atoms with Crippen LogP contribution < -0.4 is 5.32 Å². The first kappa shape index (κ1) is 16.1. The third kappa shape index (κ3) is 2.77. The number of nitrogens with one attached hydrogen (secondary N) is 1. The zero-order valence-electron chi connectivity index (χ0n) is 14.8. The van der Waals surface area contributed by atoms with Crippen molar-refractivity contribution in [3.05, 3.63) is 84.3 Å². The normalized spacial score (nSPS) is 12.2. The highest BCUT2D eigenvalue weighted by Crippen LogP contribution is 2.24. The van der Waals surface area contributed by atoms with Gasteiger partial charge in [-0.25, -0.2) is 0 Å². The molecule has 4 aromatic rings. The molecule has 0 saturated heterocycles. The van der Waals surface area contributed by atoms with Crippen molar-refractivity contribution in [3.8, 4) is 5.82 Å². The van der Waals surface area contributed by atoms with Gasteiger partial charge in [0.1, 0.15) is 11.4 Å². The monoisotopic (exact) mass is 344 g/mol. The number of carbonyl (C=O) groups is 1. The predicted octanol–water partition coefficient (Wildman–Crippen LogP) is 3.86. The average Bonchev–Trinajstić information content (AvgIpc) is 3.30. The molecule has 0 bridgehead atoms. The number of amides is 1. The number of aryl methyl sites for hydroxylation is 1. The topological polar surface area (TPSA) is 51.9 Å². The minimum atomic E-state index is -0.137. The molecular weight excluding hydrogens is 324 g/mol. The molecule has 1 unspecified atom stereocenters. The molecular formula is C21H20N4O. The van der Waals surface area contributed by atoms with Gasteiger partial charge in [0.15, 0.2) is 0 Å². The molecule has 5 heteroatoms. The van der Waals surface area contributed by atoms with Crippen LogP contribution in [0.15, 0.2) is 73.2 Å². The fourth-order valence-electron chi connectivity index (χ4n) is 3.35. The molecule has 2 aromatic heterocycles. The highest BCUT2D eigenvalue weighted by atomic mass is 16.1. The number of aromatic nitrogens is 3. The Morgan fingerprint density at radius 3 is 2.58 bits per heavy atom. The van der Waals surface area contributed by atoms with Crippen LogP contribution in [-0.4, -0.2) is 20.3 Å². The van der Waals surface area contributed by atoms with E-state index in [9.17, 15) is 4.79 Å². The summed E-state index contributed by atoms with van der Waals surface area (Å²) in [6, 6.07) is 18.1. The van der Waals surface area contributed by atoms with E-state index in [0.29, 0.717) is 5.56 Å².